The minimum Gasteiger partial charge on any atom is -0.490 e. The summed E-state index contributed by atoms with van der Waals surface area (Å²) in [6, 6.07) is 5.58. The molecule has 2 aliphatic rings. The van der Waals surface area contributed by atoms with Gasteiger partial charge in [-0.3, -0.25) is 9.79 Å². The van der Waals surface area contributed by atoms with Crippen molar-refractivity contribution in [1.82, 2.24) is 5.32 Å². The van der Waals surface area contributed by atoms with E-state index in [1.54, 1.807) is 0 Å². The van der Waals surface area contributed by atoms with Gasteiger partial charge in [-0.1, -0.05) is 0 Å². The molecule has 124 valence electrons. The van der Waals surface area contributed by atoms with Gasteiger partial charge >= 0.3 is 0 Å². The molecule has 0 saturated carbocycles. The Kier molecular flexibility index (Phi) is 4.27. The SMILES string of the molecule is CC1(CN=C(N)Nc2ccc3c(c2)OCCCO3)CCC(=O)N1. The lowest BCUT2D eigenvalue weighted by Crippen LogP contribution is -2.42. The molecule has 1 amide bonds. The average molecular weight is 318 g/mol. The summed E-state index contributed by atoms with van der Waals surface area (Å²) >= 11 is 0. The zero-order chi connectivity index (χ0) is 16.3. The second-order valence-corrected chi connectivity index (χ2v) is 6.15. The Bertz CT molecular complexity index is 632. The van der Waals surface area contributed by atoms with Crippen LogP contribution in [0.4, 0.5) is 5.69 Å². The van der Waals surface area contributed by atoms with E-state index in [1.165, 1.54) is 0 Å². The maximum absolute atomic E-state index is 11.3. The maximum Gasteiger partial charge on any atom is 0.220 e. The summed E-state index contributed by atoms with van der Waals surface area (Å²) in [5, 5.41) is 5.98. The van der Waals surface area contributed by atoms with Gasteiger partial charge in [-0.05, 0) is 25.5 Å². The van der Waals surface area contributed by atoms with Crippen molar-refractivity contribution in [2.75, 3.05) is 25.1 Å². The van der Waals surface area contributed by atoms with Crippen LogP contribution in [-0.4, -0.2) is 37.2 Å². The van der Waals surface area contributed by atoms with Gasteiger partial charge < -0.3 is 25.8 Å². The number of anilines is 1. The number of carbonyl (C=O) groups excluding carboxylic acids is 1. The van der Waals surface area contributed by atoms with Crippen molar-refractivity contribution in [1.29, 1.82) is 0 Å². The van der Waals surface area contributed by atoms with Crippen LogP contribution in [0.25, 0.3) is 0 Å². The summed E-state index contributed by atoms with van der Waals surface area (Å²) in [6.45, 7) is 3.72. The highest BCUT2D eigenvalue weighted by Crippen LogP contribution is 2.32. The van der Waals surface area contributed by atoms with E-state index in [4.69, 9.17) is 15.2 Å². The highest BCUT2D eigenvalue weighted by Gasteiger charge is 2.32. The second kappa shape index (κ2) is 6.36. The summed E-state index contributed by atoms with van der Waals surface area (Å²) in [5.74, 6) is 1.82. The Morgan fingerprint density at radius 3 is 2.91 bits per heavy atom. The van der Waals surface area contributed by atoms with Crippen LogP contribution in [0.5, 0.6) is 11.5 Å². The molecule has 1 fully saturated rings. The fourth-order valence-electron chi connectivity index (χ4n) is 2.66. The Hall–Kier alpha value is -2.44. The Morgan fingerprint density at radius 2 is 2.17 bits per heavy atom. The third-order valence-corrected chi connectivity index (χ3v) is 3.96. The van der Waals surface area contributed by atoms with E-state index in [0.29, 0.717) is 37.9 Å². The summed E-state index contributed by atoms with van der Waals surface area (Å²) < 4.78 is 11.2. The fourth-order valence-corrected chi connectivity index (χ4v) is 2.66. The third-order valence-electron chi connectivity index (χ3n) is 3.96. The molecule has 3 rings (SSSR count). The lowest BCUT2D eigenvalue weighted by atomic mass is 10.0. The predicted octanol–water partition coefficient (Wildman–Crippen LogP) is 1.24. The summed E-state index contributed by atoms with van der Waals surface area (Å²) in [4.78, 5) is 15.7. The van der Waals surface area contributed by atoms with E-state index >= 15 is 0 Å². The van der Waals surface area contributed by atoms with Gasteiger partial charge in [0.05, 0.1) is 25.3 Å². The lowest BCUT2D eigenvalue weighted by molar-refractivity contribution is -0.119. The second-order valence-electron chi connectivity index (χ2n) is 6.15. The first-order valence-corrected chi connectivity index (χ1v) is 7.82. The molecular weight excluding hydrogens is 296 g/mol. The molecule has 1 atom stereocenters. The number of fused-ring (bicyclic) bond motifs is 1. The van der Waals surface area contributed by atoms with Gasteiger partial charge in [-0.15, -0.1) is 0 Å². The van der Waals surface area contributed by atoms with Gasteiger partial charge in [-0.2, -0.15) is 0 Å². The monoisotopic (exact) mass is 318 g/mol. The Labute approximate surface area is 135 Å². The minimum absolute atomic E-state index is 0.0668. The maximum atomic E-state index is 11.3. The van der Waals surface area contributed by atoms with E-state index in [1.807, 2.05) is 25.1 Å². The number of carbonyl (C=O) groups is 1. The zero-order valence-corrected chi connectivity index (χ0v) is 13.2. The summed E-state index contributed by atoms with van der Waals surface area (Å²) in [5.41, 5.74) is 6.42. The Balaban J connectivity index is 1.63. The number of hydrogen-bond donors (Lipinski definition) is 3. The van der Waals surface area contributed by atoms with E-state index < -0.39 is 0 Å². The van der Waals surface area contributed by atoms with E-state index in [9.17, 15) is 4.79 Å². The molecule has 4 N–H and O–H groups in total. The largest absolute Gasteiger partial charge is 0.490 e. The normalized spacial score (nSPS) is 24.0. The van der Waals surface area contributed by atoms with Crippen molar-refractivity contribution < 1.29 is 14.3 Å². The molecule has 0 aromatic heterocycles. The number of guanidine groups is 1. The molecule has 2 aliphatic heterocycles. The number of nitrogens with zero attached hydrogens (tertiary/aromatic N) is 1. The smallest absolute Gasteiger partial charge is 0.220 e. The average Bonchev–Trinajstić information content (AvgIpc) is 2.73. The van der Waals surface area contributed by atoms with Crippen molar-refractivity contribution in [3.8, 4) is 11.5 Å². The molecule has 2 heterocycles. The van der Waals surface area contributed by atoms with Gasteiger partial charge in [0, 0.05) is 24.6 Å². The summed E-state index contributed by atoms with van der Waals surface area (Å²) in [6.07, 6.45) is 2.18. The molecule has 7 heteroatoms. The molecule has 0 spiro atoms. The fraction of sp³-hybridized carbons (Fsp3) is 0.500. The van der Waals surface area contributed by atoms with E-state index in [0.717, 1.165) is 24.3 Å². The van der Waals surface area contributed by atoms with Crippen molar-refractivity contribution in [2.24, 2.45) is 10.7 Å². The molecule has 1 aromatic rings. The number of nitrogens with one attached hydrogen (secondary N) is 2. The van der Waals surface area contributed by atoms with Crippen LogP contribution in [0.15, 0.2) is 23.2 Å². The number of amides is 1. The molecule has 1 aromatic carbocycles. The van der Waals surface area contributed by atoms with Crippen LogP contribution in [0.3, 0.4) is 0 Å². The first kappa shape index (κ1) is 15.5. The third kappa shape index (κ3) is 3.85. The predicted molar refractivity (Wildman–Crippen MR) is 87.9 cm³/mol. The molecule has 0 aliphatic carbocycles. The first-order valence-electron chi connectivity index (χ1n) is 7.82. The van der Waals surface area contributed by atoms with Crippen LogP contribution in [0.1, 0.15) is 26.2 Å². The standard InChI is InChI=1S/C16H22N4O3/c1-16(6-5-14(21)20-16)10-18-15(17)19-11-3-4-12-13(9-11)23-8-2-7-22-12/h3-4,9H,2,5-8,10H2,1H3,(H,20,21)(H3,17,18,19). The quantitative estimate of drug-likeness (QED) is 0.575. The molecule has 7 nitrogen and oxygen atoms in total. The van der Waals surface area contributed by atoms with Crippen LogP contribution in [-0.2, 0) is 4.79 Å². The van der Waals surface area contributed by atoms with Crippen molar-refractivity contribution in [3.63, 3.8) is 0 Å². The number of aliphatic imine (C=N–C) groups is 1. The van der Waals surface area contributed by atoms with E-state index in [2.05, 4.69) is 15.6 Å². The van der Waals surface area contributed by atoms with Gasteiger partial charge in [0.2, 0.25) is 5.91 Å². The van der Waals surface area contributed by atoms with Gasteiger partial charge in [-0.25, -0.2) is 0 Å². The number of ether oxygens (including phenoxy) is 2. The van der Waals surface area contributed by atoms with Crippen LogP contribution >= 0.6 is 0 Å². The topological polar surface area (TPSA) is 98.0 Å². The Morgan fingerprint density at radius 1 is 1.39 bits per heavy atom. The van der Waals surface area contributed by atoms with Crippen LogP contribution < -0.4 is 25.8 Å². The van der Waals surface area contributed by atoms with Crippen molar-refractivity contribution >= 4 is 17.6 Å². The number of benzene rings is 1. The highest BCUT2D eigenvalue weighted by atomic mass is 16.5. The van der Waals surface area contributed by atoms with E-state index in [-0.39, 0.29) is 11.4 Å². The minimum atomic E-state index is -0.311. The highest BCUT2D eigenvalue weighted by molar-refractivity contribution is 5.92. The number of hydrogen-bond acceptors (Lipinski definition) is 4. The molecular formula is C16H22N4O3. The van der Waals surface area contributed by atoms with Gasteiger partial charge in [0.15, 0.2) is 17.5 Å². The van der Waals surface area contributed by atoms with Crippen LogP contribution in [0, 0.1) is 0 Å². The van der Waals surface area contributed by atoms with Gasteiger partial charge in [0.25, 0.3) is 0 Å². The van der Waals surface area contributed by atoms with Crippen LogP contribution in [0.2, 0.25) is 0 Å². The molecule has 0 bridgehead atoms. The summed E-state index contributed by atoms with van der Waals surface area (Å²) in [7, 11) is 0. The first-order chi connectivity index (χ1) is 11.0. The van der Waals surface area contributed by atoms with Crippen molar-refractivity contribution in [2.45, 2.75) is 31.7 Å². The zero-order valence-electron chi connectivity index (χ0n) is 13.2. The molecule has 0 radical (unpaired) electrons. The number of rotatable bonds is 3. The molecule has 23 heavy (non-hydrogen) atoms. The molecule has 1 unspecified atom stereocenters. The molecule has 1 saturated heterocycles. The lowest BCUT2D eigenvalue weighted by Gasteiger charge is -2.21. The van der Waals surface area contributed by atoms with Crippen molar-refractivity contribution in [3.05, 3.63) is 18.2 Å². The van der Waals surface area contributed by atoms with Gasteiger partial charge in [0.1, 0.15) is 0 Å². The number of nitrogens with two attached hydrogens (primary N) is 1.